The van der Waals surface area contributed by atoms with E-state index in [-0.39, 0.29) is 5.82 Å². The van der Waals surface area contributed by atoms with Gasteiger partial charge >= 0.3 is 0 Å². The lowest BCUT2D eigenvalue weighted by molar-refractivity contribution is 0.306. The van der Waals surface area contributed by atoms with Gasteiger partial charge in [0.1, 0.15) is 18.2 Å². The Morgan fingerprint density at radius 2 is 1.74 bits per heavy atom. The molecule has 0 saturated heterocycles. The van der Waals surface area contributed by atoms with Gasteiger partial charge in [-0.15, -0.1) is 0 Å². The van der Waals surface area contributed by atoms with Crippen molar-refractivity contribution in [3.8, 4) is 5.75 Å². The van der Waals surface area contributed by atoms with Crippen molar-refractivity contribution < 1.29 is 9.13 Å². The lowest BCUT2D eigenvalue weighted by atomic mass is 10.1. The molecule has 0 N–H and O–H groups in total. The van der Waals surface area contributed by atoms with E-state index < -0.39 is 0 Å². The lowest BCUT2D eigenvalue weighted by Crippen LogP contribution is -1.96. The molecule has 0 aromatic heterocycles. The van der Waals surface area contributed by atoms with Crippen molar-refractivity contribution in [1.82, 2.24) is 0 Å². The summed E-state index contributed by atoms with van der Waals surface area (Å²) in [5.74, 6) is 0.577. The van der Waals surface area contributed by atoms with Crippen LogP contribution in [0.25, 0.3) is 0 Å². The molecule has 0 aliphatic heterocycles. The van der Waals surface area contributed by atoms with Gasteiger partial charge in [0.15, 0.2) is 0 Å². The molecule has 19 heavy (non-hydrogen) atoms. The van der Waals surface area contributed by atoms with Crippen LogP contribution in [0.15, 0.2) is 46.9 Å². The van der Waals surface area contributed by atoms with E-state index in [2.05, 4.69) is 35.0 Å². The van der Waals surface area contributed by atoms with Gasteiger partial charge in [0.25, 0.3) is 0 Å². The maximum Gasteiger partial charge on any atom is 0.137 e. The number of ether oxygens (including phenoxy) is 1. The second-order valence-corrected chi connectivity index (χ2v) is 5.29. The van der Waals surface area contributed by atoms with Crippen molar-refractivity contribution in [2.75, 3.05) is 0 Å². The molecule has 1 nitrogen and oxygen atoms in total. The number of hydrogen-bond acceptors (Lipinski definition) is 1. The molecule has 0 spiro atoms. The molecule has 2 rings (SSSR count). The molecule has 3 heteroatoms. The highest BCUT2D eigenvalue weighted by atomic mass is 79.9. The summed E-state index contributed by atoms with van der Waals surface area (Å²) in [5.41, 5.74) is 2.25. The molecule has 0 unspecified atom stereocenters. The summed E-state index contributed by atoms with van der Waals surface area (Å²) in [6.45, 7) is 2.60. The number of aryl methyl sites for hydroxylation is 1. The van der Waals surface area contributed by atoms with E-state index in [1.165, 1.54) is 11.6 Å². The van der Waals surface area contributed by atoms with Crippen LogP contribution in [0.4, 0.5) is 4.39 Å². The molecule has 0 aliphatic rings. The molecular weight excluding hydrogens is 307 g/mol. The van der Waals surface area contributed by atoms with Gasteiger partial charge in [-0.25, -0.2) is 4.39 Å². The standard InChI is InChI=1S/C16H16BrFO/c1-2-3-12-4-7-14(8-5-12)19-11-13-6-9-16(18)15(17)10-13/h4-10H,2-3,11H2,1H3. The summed E-state index contributed by atoms with van der Waals surface area (Å²) in [6.07, 6.45) is 2.23. The average Bonchev–Trinajstić information content (AvgIpc) is 2.42. The highest BCUT2D eigenvalue weighted by molar-refractivity contribution is 9.10. The Balaban J connectivity index is 1.96. The SMILES string of the molecule is CCCc1ccc(OCc2ccc(F)c(Br)c2)cc1. The number of benzene rings is 2. The highest BCUT2D eigenvalue weighted by Crippen LogP contribution is 2.19. The number of hydrogen-bond donors (Lipinski definition) is 0. The van der Waals surface area contributed by atoms with Gasteiger partial charge in [0, 0.05) is 0 Å². The summed E-state index contributed by atoms with van der Waals surface area (Å²) in [5, 5.41) is 0. The first-order chi connectivity index (χ1) is 9.19. The predicted octanol–water partition coefficient (Wildman–Crippen LogP) is 5.12. The topological polar surface area (TPSA) is 9.23 Å². The molecular formula is C16H16BrFO. The molecule has 0 heterocycles. The Labute approximate surface area is 121 Å². The Hall–Kier alpha value is -1.35. The summed E-state index contributed by atoms with van der Waals surface area (Å²) >= 11 is 3.17. The lowest BCUT2D eigenvalue weighted by Gasteiger charge is -2.08. The van der Waals surface area contributed by atoms with E-state index in [0.717, 1.165) is 24.2 Å². The van der Waals surface area contributed by atoms with E-state index in [1.54, 1.807) is 12.1 Å². The number of halogens is 2. The molecule has 0 bridgehead atoms. The predicted molar refractivity (Wildman–Crippen MR) is 78.9 cm³/mol. The zero-order chi connectivity index (χ0) is 13.7. The minimum Gasteiger partial charge on any atom is -0.489 e. The van der Waals surface area contributed by atoms with Crippen LogP contribution in [-0.2, 0) is 13.0 Å². The Bertz CT molecular complexity index is 537. The Morgan fingerprint density at radius 1 is 1.05 bits per heavy atom. The normalized spacial score (nSPS) is 10.5. The van der Waals surface area contributed by atoms with Crippen LogP contribution in [0.5, 0.6) is 5.75 Å². The summed E-state index contributed by atoms with van der Waals surface area (Å²) in [6, 6.07) is 13.0. The van der Waals surface area contributed by atoms with E-state index in [4.69, 9.17) is 4.74 Å². The van der Waals surface area contributed by atoms with Gasteiger partial charge < -0.3 is 4.74 Å². The second kappa shape index (κ2) is 6.71. The van der Waals surface area contributed by atoms with Crippen LogP contribution in [0.1, 0.15) is 24.5 Å². The van der Waals surface area contributed by atoms with Crippen molar-refractivity contribution in [2.45, 2.75) is 26.4 Å². The van der Waals surface area contributed by atoms with Crippen LogP contribution in [0.2, 0.25) is 0 Å². The zero-order valence-corrected chi connectivity index (χ0v) is 12.4. The van der Waals surface area contributed by atoms with Crippen LogP contribution in [-0.4, -0.2) is 0 Å². The largest absolute Gasteiger partial charge is 0.489 e. The molecule has 0 radical (unpaired) electrons. The molecule has 100 valence electrons. The monoisotopic (exact) mass is 322 g/mol. The number of rotatable bonds is 5. The first-order valence-electron chi connectivity index (χ1n) is 6.34. The molecule has 0 fully saturated rings. The first kappa shape index (κ1) is 14.1. The average molecular weight is 323 g/mol. The third-order valence-electron chi connectivity index (χ3n) is 2.85. The third kappa shape index (κ3) is 4.06. The molecule has 0 aliphatic carbocycles. The van der Waals surface area contributed by atoms with Gasteiger partial charge in [0.05, 0.1) is 4.47 Å². The fourth-order valence-corrected chi connectivity index (χ4v) is 2.26. The van der Waals surface area contributed by atoms with Crippen molar-refractivity contribution in [2.24, 2.45) is 0 Å². The van der Waals surface area contributed by atoms with Crippen molar-refractivity contribution >= 4 is 15.9 Å². The van der Waals surface area contributed by atoms with Crippen LogP contribution >= 0.6 is 15.9 Å². The zero-order valence-electron chi connectivity index (χ0n) is 10.8. The molecule has 2 aromatic carbocycles. The van der Waals surface area contributed by atoms with E-state index in [0.29, 0.717) is 11.1 Å². The molecule has 2 aromatic rings. The summed E-state index contributed by atoms with van der Waals surface area (Å²) < 4.78 is 19.2. The fourth-order valence-electron chi connectivity index (χ4n) is 1.84. The van der Waals surface area contributed by atoms with Gasteiger partial charge in [-0.3, -0.25) is 0 Å². The van der Waals surface area contributed by atoms with Gasteiger partial charge in [-0.05, 0) is 57.7 Å². The third-order valence-corrected chi connectivity index (χ3v) is 3.46. The summed E-state index contributed by atoms with van der Waals surface area (Å²) in [4.78, 5) is 0. The first-order valence-corrected chi connectivity index (χ1v) is 7.14. The maximum absolute atomic E-state index is 13.1. The van der Waals surface area contributed by atoms with Gasteiger partial charge in [-0.2, -0.15) is 0 Å². The summed E-state index contributed by atoms with van der Waals surface area (Å²) in [7, 11) is 0. The molecule has 0 atom stereocenters. The fraction of sp³-hybridized carbons (Fsp3) is 0.250. The highest BCUT2D eigenvalue weighted by Gasteiger charge is 2.01. The maximum atomic E-state index is 13.1. The quantitative estimate of drug-likeness (QED) is 0.742. The Kier molecular flexibility index (Phi) is 4.97. The van der Waals surface area contributed by atoms with E-state index in [1.807, 2.05) is 12.1 Å². The van der Waals surface area contributed by atoms with E-state index in [9.17, 15) is 4.39 Å². The van der Waals surface area contributed by atoms with Gasteiger partial charge in [-0.1, -0.05) is 31.5 Å². The molecule has 0 amide bonds. The van der Waals surface area contributed by atoms with Gasteiger partial charge in [0.2, 0.25) is 0 Å². The second-order valence-electron chi connectivity index (χ2n) is 4.43. The van der Waals surface area contributed by atoms with Crippen molar-refractivity contribution in [3.05, 3.63) is 63.9 Å². The van der Waals surface area contributed by atoms with Crippen molar-refractivity contribution in [3.63, 3.8) is 0 Å². The molecule has 0 saturated carbocycles. The smallest absolute Gasteiger partial charge is 0.137 e. The van der Waals surface area contributed by atoms with Crippen molar-refractivity contribution in [1.29, 1.82) is 0 Å². The van der Waals surface area contributed by atoms with Crippen LogP contribution in [0.3, 0.4) is 0 Å². The minimum atomic E-state index is -0.257. The van der Waals surface area contributed by atoms with Crippen LogP contribution < -0.4 is 4.74 Å². The van der Waals surface area contributed by atoms with Crippen LogP contribution in [0, 0.1) is 5.82 Å². The van der Waals surface area contributed by atoms with E-state index >= 15 is 0 Å². The Morgan fingerprint density at radius 3 is 2.37 bits per heavy atom. The minimum absolute atomic E-state index is 0.257.